The van der Waals surface area contributed by atoms with Crippen LogP contribution in [-0.2, 0) is 0 Å². The van der Waals surface area contributed by atoms with Crippen LogP contribution in [0.15, 0.2) is 170 Å². The summed E-state index contributed by atoms with van der Waals surface area (Å²) in [6.45, 7) is 0. The van der Waals surface area contributed by atoms with E-state index in [9.17, 15) is 0 Å². The summed E-state index contributed by atoms with van der Waals surface area (Å²) in [6.07, 6.45) is 0. The van der Waals surface area contributed by atoms with E-state index in [-0.39, 0.29) is 0 Å². The zero-order valence-electron chi connectivity index (χ0n) is 27.0. The van der Waals surface area contributed by atoms with Crippen LogP contribution in [0.5, 0.6) is 0 Å². The summed E-state index contributed by atoms with van der Waals surface area (Å²) in [6, 6.07) is 60.7. The van der Waals surface area contributed by atoms with Gasteiger partial charge in [-0.1, -0.05) is 115 Å². The molecule has 0 aliphatic rings. The van der Waals surface area contributed by atoms with Crippen molar-refractivity contribution in [1.29, 1.82) is 0 Å². The van der Waals surface area contributed by atoms with E-state index in [2.05, 4.69) is 167 Å². The Kier molecular flexibility index (Phi) is 5.63. The Morgan fingerprint density at radius 1 is 0.340 bits per heavy atom. The monoisotopic (exact) mass is 636 g/mol. The lowest BCUT2D eigenvalue weighted by Crippen LogP contribution is -2.04. The molecule has 4 heteroatoms. The molecule has 0 atom stereocenters. The summed E-state index contributed by atoms with van der Waals surface area (Å²) in [5.74, 6) is 0.817. The maximum atomic E-state index is 5.48. The third-order valence-corrected chi connectivity index (χ3v) is 10.2. The highest BCUT2D eigenvalue weighted by Gasteiger charge is 2.23. The zero-order valence-corrected chi connectivity index (χ0v) is 27.0. The molecule has 0 bridgehead atoms. The van der Waals surface area contributed by atoms with Crippen molar-refractivity contribution in [2.75, 3.05) is 0 Å². The number of rotatable bonds is 3. The first-order chi connectivity index (χ1) is 24.8. The summed E-state index contributed by atoms with van der Waals surface area (Å²) >= 11 is 0. The van der Waals surface area contributed by atoms with Crippen LogP contribution in [-0.4, -0.2) is 19.1 Å². The minimum absolute atomic E-state index is 0.817. The van der Waals surface area contributed by atoms with Crippen molar-refractivity contribution in [1.82, 2.24) is 19.1 Å². The molecule has 0 amide bonds. The molecule has 4 nitrogen and oxygen atoms in total. The Morgan fingerprint density at radius 3 is 1.76 bits per heavy atom. The summed E-state index contributed by atoms with van der Waals surface area (Å²) in [4.78, 5) is 10.9. The van der Waals surface area contributed by atoms with Gasteiger partial charge in [0.2, 0.25) is 0 Å². The van der Waals surface area contributed by atoms with Gasteiger partial charge in [-0.05, 0) is 76.1 Å². The summed E-state index contributed by atoms with van der Waals surface area (Å²) in [7, 11) is 0. The molecule has 0 spiro atoms. The van der Waals surface area contributed by atoms with Crippen LogP contribution >= 0.6 is 0 Å². The van der Waals surface area contributed by atoms with E-state index in [0.29, 0.717) is 0 Å². The standard InChI is InChI=1S/C46H28N4/c1-2-17-32(18-3-1)49-41-24-11-8-20-34(41)37-27-38-36-25-30-14-4-5-15-31(30)26-42(36)50(44(38)28-43(37)49)46-45(47-39-22-9-10-23-40(39)48-46)35-21-12-16-29-13-6-7-19-33(29)35/h1-28H. The van der Waals surface area contributed by atoms with Gasteiger partial charge in [-0.2, -0.15) is 0 Å². The van der Waals surface area contributed by atoms with Crippen LogP contribution < -0.4 is 0 Å². The average Bonchev–Trinajstić information content (AvgIpc) is 3.67. The molecule has 0 saturated heterocycles. The summed E-state index contributed by atoms with van der Waals surface area (Å²) in [5.41, 5.74) is 9.32. The first-order valence-corrected chi connectivity index (χ1v) is 17.0. The van der Waals surface area contributed by atoms with Gasteiger partial charge >= 0.3 is 0 Å². The third kappa shape index (κ3) is 3.87. The lowest BCUT2D eigenvalue weighted by molar-refractivity contribution is 1.08. The minimum Gasteiger partial charge on any atom is -0.309 e. The fourth-order valence-corrected chi connectivity index (χ4v) is 8.01. The first kappa shape index (κ1) is 27.2. The Balaban J connectivity index is 1.35. The van der Waals surface area contributed by atoms with Gasteiger partial charge in [0.1, 0.15) is 5.69 Å². The van der Waals surface area contributed by atoms with Gasteiger partial charge < -0.3 is 4.57 Å². The molecule has 0 unspecified atom stereocenters. The molecule has 0 fully saturated rings. The smallest absolute Gasteiger partial charge is 0.165 e. The lowest BCUT2D eigenvalue weighted by atomic mass is 10.0. The number of nitrogens with zero attached hydrogens (tertiary/aromatic N) is 4. The maximum absolute atomic E-state index is 5.48. The van der Waals surface area contributed by atoms with E-state index < -0.39 is 0 Å². The molecule has 232 valence electrons. The van der Waals surface area contributed by atoms with Crippen LogP contribution in [0.3, 0.4) is 0 Å². The van der Waals surface area contributed by atoms with Crippen molar-refractivity contribution in [2.45, 2.75) is 0 Å². The maximum Gasteiger partial charge on any atom is 0.165 e. The van der Waals surface area contributed by atoms with Crippen LogP contribution in [0, 0.1) is 0 Å². The fourth-order valence-electron chi connectivity index (χ4n) is 8.01. The van der Waals surface area contributed by atoms with Crippen LogP contribution in [0.4, 0.5) is 0 Å². The highest BCUT2D eigenvalue weighted by molar-refractivity contribution is 6.21. The fraction of sp³-hybridized carbons (Fsp3) is 0. The number of aromatic nitrogens is 4. The minimum atomic E-state index is 0.817. The van der Waals surface area contributed by atoms with Crippen molar-refractivity contribution in [3.8, 4) is 22.8 Å². The Morgan fingerprint density at radius 2 is 0.920 bits per heavy atom. The van der Waals surface area contributed by atoms with E-state index in [1.807, 2.05) is 12.1 Å². The van der Waals surface area contributed by atoms with E-state index in [0.717, 1.165) is 55.7 Å². The molecule has 8 aromatic carbocycles. The molecular formula is C46H28N4. The number of fused-ring (bicyclic) bond motifs is 9. The highest BCUT2D eigenvalue weighted by Crippen LogP contribution is 2.42. The van der Waals surface area contributed by atoms with Crippen molar-refractivity contribution >= 4 is 76.2 Å². The highest BCUT2D eigenvalue weighted by atomic mass is 15.1. The van der Waals surface area contributed by atoms with E-state index in [4.69, 9.17) is 9.97 Å². The molecule has 0 saturated carbocycles. The first-order valence-electron chi connectivity index (χ1n) is 17.0. The van der Waals surface area contributed by atoms with Crippen molar-refractivity contribution in [3.63, 3.8) is 0 Å². The molecule has 3 aromatic heterocycles. The van der Waals surface area contributed by atoms with Crippen molar-refractivity contribution in [2.24, 2.45) is 0 Å². The van der Waals surface area contributed by atoms with Gasteiger partial charge in [-0.15, -0.1) is 0 Å². The molecule has 11 aromatic rings. The molecular weight excluding hydrogens is 609 g/mol. The second-order valence-corrected chi connectivity index (χ2v) is 13.0. The van der Waals surface area contributed by atoms with Gasteiger partial charge in [0.05, 0.1) is 33.1 Å². The van der Waals surface area contributed by atoms with Gasteiger partial charge in [0, 0.05) is 32.8 Å². The molecule has 0 N–H and O–H groups in total. The zero-order chi connectivity index (χ0) is 32.8. The van der Waals surface area contributed by atoms with Gasteiger partial charge in [-0.3, -0.25) is 4.57 Å². The number of hydrogen-bond donors (Lipinski definition) is 0. The van der Waals surface area contributed by atoms with Crippen molar-refractivity contribution < 1.29 is 0 Å². The Bertz CT molecular complexity index is 3140. The van der Waals surface area contributed by atoms with Crippen LogP contribution in [0.1, 0.15) is 0 Å². The molecule has 0 aliphatic carbocycles. The molecule has 0 radical (unpaired) electrons. The molecule has 50 heavy (non-hydrogen) atoms. The van der Waals surface area contributed by atoms with Gasteiger partial charge in [-0.25, -0.2) is 9.97 Å². The summed E-state index contributed by atoms with van der Waals surface area (Å²) in [5, 5.41) is 9.56. The largest absolute Gasteiger partial charge is 0.309 e. The predicted molar refractivity (Wildman–Crippen MR) is 209 cm³/mol. The van der Waals surface area contributed by atoms with Crippen molar-refractivity contribution in [3.05, 3.63) is 170 Å². The van der Waals surface area contributed by atoms with Gasteiger partial charge in [0.25, 0.3) is 0 Å². The molecule has 11 rings (SSSR count). The van der Waals surface area contributed by atoms with E-state index in [1.54, 1.807) is 0 Å². The molecule has 3 heterocycles. The van der Waals surface area contributed by atoms with Crippen LogP contribution in [0.2, 0.25) is 0 Å². The van der Waals surface area contributed by atoms with Crippen LogP contribution in [0.25, 0.3) is 99.0 Å². The second-order valence-electron chi connectivity index (χ2n) is 13.0. The Labute approximate surface area is 287 Å². The second kappa shape index (κ2) is 10.4. The normalized spacial score (nSPS) is 12.0. The van der Waals surface area contributed by atoms with E-state index in [1.165, 1.54) is 43.2 Å². The van der Waals surface area contributed by atoms with E-state index >= 15 is 0 Å². The third-order valence-electron chi connectivity index (χ3n) is 10.2. The number of benzene rings is 8. The number of para-hydroxylation sites is 4. The topological polar surface area (TPSA) is 35.6 Å². The average molecular weight is 637 g/mol. The lowest BCUT2D eigenvalue weighted by Gasteiger charge is -2.15. The SMILES string of the molecule is c1ccc(-n2c3ccccc3c3cc4c5cc6ccccc6cc5n(-c5nc6ccccc6nc5-c5cccc6ccccc56)c4cc32)cc1. The van der Waals surface area contributed by atoms with Gasteiger partial charge in [0.15, 0.2) is 5.82 Å². The predicted octanol–water partition coefficient (Wildman–Crippen LogP) is 11.8. The Hall–Kier alpha value is -6.78. The quantitative estimate of drug-likeness (QED) is 0.193. The molecule has 0 aliphatic heterocycles. The number of hydrogen-bond acceptors (Lipinski definition) is 2. The summed E-state index contributed by atoms with van der Waals surface area (Å²) < 4.78 is 4.75.